The average molecular weight is 210 g/mol. The Kier molecular flexibility index (Phi) is 4.83. The summed E-state index contributed by atoms with van der Waals surface area (Å²) in [4.78, 5) is 11.1. The van der Waals surface area contributed by atoms with Gasteiger partial charge in [-0.15, -0.1) is 0 Å². The summed E-state index contributed by atoms with van der Waals surface area (Å²) in [6.07, 6.45) is 5.26. The summed E-state index contributed by atoms with van der Waals surface area (Å²) in [5, 5.41) is 7.18. The lowest BCUT2D eigenvalue weighted by atomic mass is 10.2. The van der Waals surface area contributed by atoms with Crippen LogP contribution in [0, 0.1) is 0 Å². The molecule has 0 saturated carbocycles. The van der Waals surface area contributed by atoms with E-state index in [1.807, 2.05) is 12.3 Å². The molecule has 0 aliphatic carbocycles. The number of aromatic nitrogens is 2. The molecule has 0 radical (unpaired) electrons. The highest BCUT2D eigenvalue weighted by molar-refractivity contribution is 5.79. The molecular formula is C10H18N4O. The Morgan fingerprint density at radius 3 is 3.00 bits per heavy atom. The number of aryl methyl sites for hydroxylation is 1. The molecule has 1 amide bonds. The first-order valence-corrected chi connectivity index (χ1v) is 5.24. The van der Waals surface area contributed by atoms with Gasteiger partial charge in [0, 0.05) is 18.9 Å². The van der Waals surface area contributed by atoms with E-state index < -0.39 is 0 Å². The van der Waals surface area contributed by atoms with Crippen LogP contribution in [0.5, 0.6) is 0 Å². The number of nitrogens with zero attached hydrogens (tertiary/aromatic N) is 2. The maximum Gasteiger partial charge on any atom is 0.234 e. The van der Waals surface area contributed by atoms with Gasteiger partial charge in [-0.3, -0.25) is 9.48 Å². The van der Waals surface area contributed by atoms with Crippen LogP contribution in [-0.2, 0) is 11.3 Å². The summed E-state index contributed by atoms with van der Waals surface area (Å²) in [5.74, 6) is -0.296. The van der Waals surface area contributed by atoms with Gasteiger partial charge < -0.3 is 11.1 Å². The molecule has 84 valence electrons. The van der Waals surface area contributed by atoms with E-state index in [9.17, 15) is 4.79 Å². The van der Waals surface area contributed by atoms with Crippen LogP contribution in [0.3, 0.4) is 0 Å². The Morgan fingerprint density at radius 1 is 1.67 bits per heavy atom. The Morgan fingerprint density at radius 2 is 2.47 bits per heavy atom. The lowest BCUT2D eigenvalue weighted by molar-refractivity contribution is -0.120. The zero-order chi connectivity index (χ0) is 11.1. The molecule has 0 aliphatic rings. The van der Waals surface area contributed by atoms with Gasteiger partial charge in [0.25, 0.3) is 0 Å². The van der Waals surface area contributed by atoms with Gasteiger partial charge in [-0.05, 0) is 25.5 Å². The molecule has 1 atom stereocenters. The smallest absolute Gasteiger partial charge is 0.234 e. The molecule has 1 aromatic heterocycles. The highest BCUT2D eigenvalue weighted by Gasteiger charge is 2.13. The second-order valence-corrected chi connectivity index (χ2v) is 3.47. The second-order valence-electron chi connectivity index (χ2n) is 3.47. The molecule has 0 fully saturated rings. The van der Waals surface area contributed by atoms with Gasteiger partial charge in [-0.1, -0.05) is 6.92 Å². The molecule has 15 heavy (non-hydrogen) atoms. The van der Waals surface area contributed by atoms with Crippen molar-refractivity contribution in [3.63, 3.8) is 0 Å². The fourth-order valence-electron chi connectivity index (χ4n) is 1.36. The van der Waals surface area contributed by atoms with Gasteiger partial charge in [-0.25, -0.2) is 0 Å². The Bertz CT molecular complexity index is 284. The summed E-state index contributed by atoms with van der Waals surface area (Å²) in [7, 11) is 0. The zero-order valence-corrected chi connectivity index (χ0v) is 9.02. The normalized spacial score (nSPS) is 12.6. The first-order chi connectivity index (χ1) is 7.24. The van der Waals surface area contributed by atoms with E-state index in [4.69, 9.17) is 5.73 Å². The average Bonchev–Trinajstić information content (AvgIpc) is 2.70. The van der Waals surface area contributed by atoms with Gasteiger partial charge in [-0.2, -0.15) is 5.10 Å². The summed E-state index contributed by atoms with van der Waals surface area (Å²) in [6, 6.07) is 1.60. The number of nitrogens with two attached hydrogens (primary N) is 1. The van der Waals surface area contributed by atoms with E-state index in [2.05, 4.69) is 17.3 Å². The number of rotatable bonds is 7. The maximum atomic E-state index is 11.1. The lowest BCUT2D eigenvalue weighted by Gasteiger charge is -2.14. The summed E-state index contributed by atoms with van der Waals surface area (Å²) in [5.41, 5.74) is 5.29. The number of hydrogen-bond acceptors (Lipinski definition) is 3. The molecule has 3 N–H and O–H groups in total. The molecule has 0 bridgehead atoms. The van der Waals surface area contributed by atoms with Crippen molar-refractivity contribution >= 4 is 5.91 Å². The van der Waals surface area contributed by atoms with E-state index in [-0.39, 0.29) is 11.9 Å². The van der Waals surface area contributed by atoms with Gasteiger partial charge in [0.15, 0.2) is 0 Å². The highest BCUT2D eigenvalue weighted by atomic mass is 16.1. The van der Waals surface area contributed by atoms with Crippen molar-refractivity contribution in [3.8, 4) is 0 Å². The Labute approximate surface area is 89.6 Å². The van der Waals surface area contributed by atoms with E-state index in [1.165, 1.54) is 0 Å². The van der Waals surface area contributed by atoms with Crippen molar-refractivity contribution in [1.82, 2.24) is 15.1 Å². The predicted molar refractivity (Wildman–Crippen MR) is 58.1 cm³/mol. The standard InChI is InChI=1S/C10H18N4O/c1-2-5-12-9(10(11)15)4-8-14-7-3-6-13-14/h3,6-7,9,12H,2,4-5,8H2,1H3,(H2,11,15). The van der Waals surface area contributed by atoms with Crippen LogP contribution in [0.1, 0.15) is 19.8 Å². The monoisotopic (exact) mass is 210 g/mol. The molecule has 1 heterocycles. The topological polar surface area (TPSA) is 72.9 Å². The van der Waals surface area contributed by atoms with Crippen molar-refractivity contribution < 1.29 is 4.79 Å². The van der Waals surface area contributed by atoms with Crippen molar-refractivity contribution in [2.24, 2.45) is 5.73 Å². The number of carbonyl (C=O) groups excluding carboxylic acids is 1. The van der Waals surface area contributed by atoms with E-state index in [1.54, 1.807) is 10.9 Å². The van der Waals surface area contributed by atoms with Crippen molar-refractivity contribution in [1.29, 1.82) is 0 Å². The van der Waals surface area contributed by atoms with Gasteiger partial charge in [0.05, 0.1) is 6.04 Å². The molecule has 0 spiro atoms. The fourth-order valence-corrected chi connectivity index (χ4v) is 1.36. The third-order valence-electron chi connectivity index (χ3n) is 2.19. The van der Waals surface area contributed by atoms with Crippen molar-refractivity contribution in [2.75, 3.05) is 6.54 Å². The number of nitrogens with one attached hydrogen (secondary N) is 1. The van der Waals surface area contributed by atoms with Crippen LogP contribution in [0.2, 0.25) is 0 Å². The van der Waals surface area contributed by atoms with Gasteiger partial charge >= 0.3 is 0 Å². The molecule has 0 aromatic carbocycles. The van der Waals surface area contributed by atoms with Crippen molar-refractivity contribution in [3.05, 3.63) is 18.5 Å². The molecule has 5 heteroatoms. The molecule has 5 nitrogen and oxygen atoms in total. The van der Waals surface area contributed by atoms with Crippen LogP contribution in [0.4, 0.5) is 0 Å². The molecule has 1 unspecified atom stereocenters. The maximum absolute atomic E-state index is 11.1. The number of hydrogen-bond donors (Lipinski definition) is 2. The third kappa shape index (κ3) is 4.12. The van der Waals surface area contributed by atoms with Crippen LogP contribution >= 0.6 is 0 Å². The fraction of sp³-hybridized carbons (Fsp3) is 0.600. The van der Waals surface area contributed by atoms with Crippen molar-refractivity contribution in [2.45, 2.75) is 32.4 Å². The van der Waals surface area contributed by atoms with Crippen LogP contribution < -0.4 is 11.1 Å². The third-order valence-corrected chi connectivity index (χ3v) is 2.19. The van der Waals surface area contributed by atoms with E-state index in [0.717, 1.165) is 13.0 Å². The Hall–Kier alpha value is -1.36. The first-order valence-electron chi connectivity index (χ1n) is 5.24. The Balaban J connectivity index is 2.34. The minimum absolute atomic E-state index is 0.255. The minimum atomic E-state index is -0.296. The van der Waals surface area contributed by atoms with Crippen LogP contribution in [0.25, 0.3) is 0 Å². The molecule has 1 aromatic rings. The summed E-state index contributed by atoms with van der Waals surface area (Å²) < 4.78 is 1.80. The largest absolute Gasteiger partial charge is 0.368 e. The predicted octanol–water partition coefficient (Wildman–Crippen LogP) is 0.127. The van der Waals surface area contributed by atoms with Gasteiger partial charge in [0.1, 0.15) is 0 Å². The second kappa shape index (κ2) is 6.19. The molecular weight excluding hydrogens is 192 g/mol. The minimum Gasteiger partial charge on any atom is -0.368 e. The number of primary amides is 1. The first kappa shape index (κ1) is 11.7. The summed E-state index contributed by atoms with van der Waals surface area (Å²) >= 11 is 0. The van der Waals surface area contributed by atoms with E-state index >= 15 is 0 Å². The SMILES string of the molecule is CCCNC(CCn1cccn1)C(N)=O. The van der Waals surface area contributed by atoms with Crippen LogP contribution in [0.15, 0.2) is 18.5 Å². The zero-order valence-electron chi connectivity index (χ0n) is 9.02. The molecule has 0 aliphatic heterocycles. The molecule has 0 saturated heterocycles. The highest BCUT2D eigenvalue weighted by Crippen LogP contribution is 1.96. The lowest BCUT2D eigenvalue weighted by Crippen LogP contribution is -2.42. The quantitative estimate of drug-likeness (QED) is 0.671. The molecule has 1 rings (SSSR count). The van der Waals surface area contributed by atoms with Crippen LogP contribution in [-0.4, -0.2) is 28.3 Å². The number of carbonyl (C=O) groups is 1. The van der Waals surface area contributed by atoms with E-state index in [0.29, 0.717) is 13.0 Å². The number of amides is 1. The summed E-state index contributed by atoms with van der Waals surface area (Å²) in [6.45, 7) is 3.57. The van der Waals surface area contributed by atoms with Gasteiger partial charge in [0.2, 0.25) is 5.91 Å².